The van der Waals surface area contributed by atoms with Crippen LogP contribution in [0.25, 0.3) is 5.00 Å². The Labute approximate surface area is 512 Å². The van der Waals surface area contributed by atoms with E-state index in [4.69, 9.17) is 59.2 Å². The number of hydrogen-bond acceptors (Lipinski definition) is 17. The molecule has 460 valence electrons. The minimum absolute atomic E-state index is 0.0576. The molecule has 8 rings (SSSR count). The van der Waals surface area contributed by atoms with Crippen LogP contribution in [0.1, 0.15) is 113 Å². The number of benzene rings is 4. The molecule has 4 aromatic carbocycles. The number of aliphatic imine (C=N–C) groups is 1. The predicted octanol–water partition coefficient (Wildman–Crippen LogP) is 9.71. The number of rotatable bonds is 29. The van der Waals surface area contributed by atoms with Crippen LogP contribution in [0.15, 0.2) is 83.9 Å². The van der Waals surface area contributed by atoms with E-state index in [1.54, 1.807) is 67.8 Å². The van der Waals surface area contributed by atoms with Crippen molar-refractivity contribution < 1.29 is 61.8 Å². The van der Waals surface area contributed by atoms with E-state index < -0.39 is 30.1 Å². The molecule has 1 fully saturated rings. The molecule has 1 saturated heterocycles. The summed E-state index contributed by atoms with van der Waals surface area (Å²) >= 11 is 7.92. The molecule has 0 unspecified atom stereocenters. The molecule has 20 nitrogen and oxygen atoms in total. The third-order valence-electron chi connectivity index (χ3n) is 15.5. The van der Waals surface area contributed by atoms with Gasteiger partial charge in [0.05, 0.1) is 80.0 Å². The second kappa shape index (κ2) is 30.6. The molecular weight excluding hydrogens is 1140 g/mol. The summed E-state index contributed by atoms with van der Waals surface area (Å²) in [4.78, 5) is 65.4. The summed E-state index contributed by atoms with van der Waals surface area (Å²) in [6, 6.07) is 22.5. The van der Waals surface area contributed by atoms with Crippen molar-refractivity contribution in [1.29, 1.82) is 0 Å². The number of fused-ring (bicyclic) bond motifs is 3. The molecule has 1 N–H and O–H groups in total. The number of likely N-dealkylation sites (N-methyl/N-ethyl adjacent to an activating group) is 1. The van der Waals surface area contributed by atoms with E-state index >= 15 is 0 Å². The molecule has 2 aromatic heterocycles. The van der Waals surface area contributed by atoms with E-state index in [-0.39, 0.29) is 63.7 Å². The lowest BCUT2D eigenvalue weighted by Gasteiger charge is -2.37. The number of carbonyl (C=O) groups excluding carboxylic acids is 4. The highest BCUT2D eigenvalue weighted by atomic mass is 35.5. The van der Waals surface area contributed by atoms with Gasteiger partial charge in [0.25, 0.3) is 5.91 Å². The number of methoxy groups -OCH3 is 5. The molecule has 0 radical (unpaired) electrons. The molecule has 6 aromatic rings. The largest absolute Gasteiger partial charge is 0.493 e. The highest BCUT2D eigenvalue weighted by Gasteiger charge is 2.39. The number of nitrogens with zero attached hydrogens (tertiary/aromatic N) is 6. The monoisotopic (exact) mass is 1220 g/mol. The van der Waals surface area contributed by atoms with Crippen molar-refractivity contribution in [1.82, 2.24) is 29.9 Å². The van der Waals surface area contributed by atoms with Crippen LogP contribution in [0, 0.1) is 20.8 Å². The lowest BCUT2D eigenvalue weighted by molar-refractivity contribution is -0.162. The zero-order valence-corrected chi connectivity index (χ0v) is 52.3. The zero-order valence-electron chi connectivity index (χ0n) is 50.7. The van der Waals surface area contributed by atoms with Crippen LogP contribution in [-0.2, 0) is 39.8 Å². The molecular formula is C64H78ClN7O13S. The van der Waals surface area contributed by atoms with Crippen LogP contribution in [0.4, 0.5) is 0 Å². The minimum atomic E-state index is -0.823. The van der Waals surface area contributed by atoms with Gasteiger partial charge in [0.15, 0.2) is 35.4 Å². The van der Waals surface area contributed by atoms with Crippen molar-refractivity contribution in [2.75, 3.05) is 95.3 Å². The van der Waals surface area contributed by atoms with Crippen molar-refractivity contribution in [3.63, 3.8) is 0 Å². The van der Waals surface area contributed by atoms with Gasteiger partial charge in [-0.25, -0.2) is 4.79 Å². The Kier molecular flexibility index (Phi) is 22.9. The van der Waals surface area contributed by atoms with E-state index in [1.807, 2.05) is 66.9 Å². The number of hydrogen-bond donors (Lipinski definition) is 1. The number of aryl methyl sites for hydroxylation is 3. The van der Waals surface area contributed by atoms with Crippen LogP contribution in [-0.4, -0.2) is 155 Å². The first-order valence-electron chi connectivity index (χ1n) is 28.9. The number of likely N-dealkylation sites (tertiary alicyclic amines) is 1. The number of aromatic nitrogens is 3. The van der Waals surface area contributed by atoms with E-state index in [0.29, 0.717) is 101 Å². The SMILES string of the molecule is CC[C@H](C(=O)N1CCCC[C@H]1C(=O)O[C@H](CCc1ccc(OC)c(OC)c1)c1cccc(OCC(=O)N(C)CCOCCOCCNC(=O)C[C@@H]2N=C(c3ccc(Cl)cc3)c3c(sc(C)c3C)-n3c(C)nnc32)c1)c1cc(OC)c(OC)c(OC)c1. The number of piperidine rings is 1. The third kappa shape index (κ3) is 15.4. The van der Waals surface area contributed by atoms with Gasteiger partial charge >= 0.3 is 5.97 Å². The summed E-state index contributed by atoms with van der Waals surface area (Å²) in [7, 11) is 9.41. The van der Waals surface area contributed by atoms with Gasteiger partial charge in [0, 0.05) is 47.7 Å². The van der Waals surface area contributed by atoms with Gasteiger partial charge in [0.2, 0.25) is 17.6 Å². The summed E-state index contributed by atoms with van der Waals surface area (Å²) in [5.41, 5.74) is 6.05. The summed E-state index contributed by atoms with van der Waals surface area (Å²) in [5.74, 6) is 2.39. The van der Waals surface area contributed by atoms with E-state index in [9.17, 15) is 19.2 Å². The van der Waals surface area contributed by atoms with Crippen molar-refractivity contribution in [2.24, 2.45) is 4.99 Å². The summed E-state index contributed by atoms with van der Waals surface area (Å²) in [6.45, 7) is 9.82. The van der Waals surface area contributed by atoms with Crippen molar-refractivity contribution >= 4 is 52.3 Å². The van der Waals surface area contributed by atoms with Crippen LogP contribution in [0.5, 0.6) is 34.5 Å². The van der Waals surface area contributed by atoms with Crippen molar-refractivity contribution in [3.05, 3.63) is 134 Å². The predicted molar refractivity (Wildman–Crippen MR) is 327 cm³/mol. The van der Waals surface area contributed by atoms with Gasteiger partial charge in [-0.3, -0.25) is 23.9 Å². The Morgan fingerprint density at radius 1 is 0.802 bits per heavy atom. The molecule has 86 heavy (non-hydrogen) atoms. The fourth-order valence-electron chi connectivity index (χ4n) is 10.7. The normalized spacial score (nSPS) is 15.2. The van der Waals surface area contributed by atoms with Crippen LogP contribution in [0.2, 0.25) is 5.02 Å². The van der Waals surface area contributed by atoms with Crippen molar-refractivity contribution in [3.8, 4) is 39.5 Å². The zero-order chi connectivity index (χ0) is 61.4. The Bertz CT molecular complexity index is 3320. The van der Waals surface area contributed by atoms with Gasteiger partial charge in [0.1, 0.15) is 34.8 Å². The third-order valence-corrected chi connectivity index (χ3v) is 17.0. The summed E-state index contributed by atoms with van der Waals surface area (Å²) in [6.07, 6.45) is 2.56. The topological polar surface area (TPSA) is 213 Å². The number of carbonyl (C=O) groups is 4. The Hall–Kier alpha value is -7.72. The number of nitrogens with one attached hydrogen (secondary N) is 1. The van der Waals surface area contributed by atoms with Gasteiger partial charge in [-0.1, -0.05) is 48.9 Å². The van der Waals surface area contributed by atoms with Gasteiger partial charge in [-0.2, -0.15) is 0 Å². The number of ether oxygens (including phenoxy) is 9. The van der Waals surface area contributed by atoms with E-state index in [0.717, 1.165) is 50.7 Å². The van der Waals surface area contributed by atoms with Gasteiger partial charge in [-0.05, 0) is 130 Å². The molecule has 2 aliphatic heterocycles. The van der Waals surface area contributed by atoms with E-state index in [1.165, 1.54) is 26.2 Å². The number of thiophene rings is 1. The fraction of sp³-hybridized carbons (Fsp3) is 0.453. The second-order valence-electron chi connectivity index (χ2n) is 21.0. The maximum Gasteiger partial charge on any atom is 0.329 e. The maximum absolute atomic E-state index is 14.6. The number of halogens is 1. The average Bonchev–Trinajstić information content (AvgIpc) is 1.72. The molecule has 22 heteroatoms. The first kappa shape index (κ1) is 64.3. The smallest absolute Gasteiger partial charge is 0.329 e. The first-order chi connectivity index (χ1) is 41.6. The Morgan fingerprint density at radius 3 is 2.22 bits per heavy atom. The highest BCUT2D eigenvalue weighted by molar-refractivity contribution is 7.15. The quantitative estimate of drug-likeness (QED) is 0.0342. The fourth-order valence-corrected chi connectivity index (χ4v) is 12.0. The van der Waals surface area contributed by atoms with Gasteiger partial charge in [-0.15, -0.1) is 21.5 Å². The average molecular weight is 1220 g/mol. The standard InChI is InChI=1S/C64H78ClN7O13S/c1-11-48(45-35-54(79-8)60(81-10)55(36-45)80-9)62(75)71-27-13-12-17-50(71)64(76)85-51(24-18-42-19-25-52(77-6)53(33-42)78-7)44-15-14-16-47(34-44)84-38-57(74)70(5)28-30-83-32-31-82-29-26-66-56(73)37-49-61-69-68-41(4)72(61)63-58(39(2)40(3)86-63)59(67-49)43-20-22-46(65)23-21-43/h14-16,19-23,25,33-36,48-51H,11-13,17-18,24,26-32,37-38H2,1-10H3,(H,66,73)/t48-,49-,50-,51+/m0/s1. The maximum atomic E-state index is 14.6. The lowest BCUT2D eigenvalue weighted by atomic mass is 9.91. The Balaban J connectivity index is 0.818. The van der Waals surface area contributed by atoms with Crippen LogP contribution >= 0.6 is 22.9 Å². The molecule has 0 spiro atoms. The molecule has 0 saturated carbocycles. The lowest BCUT2D eigenvalue weighted by Crippen LogP contribution is -2.50. The molecule has 4 atom stereocenters. The summed E-state index contributed by atoms with van der Waals surface area (Å²) in [5, 5.41) is 13.4. The van der Waals surface area contributed by atoms with Gasteiger partial charge < -0.3 is 57.7 Å². The second-order valence-corrected chi connectivity index (χ2v) is 22.6. The van der Waals surface area contributed by atoms with Crippen LogP contribution < -0.4 is 33.7 Å². The highest BCUT2D eigenvalue weighted by Crippen LogP contribution is 2.43. The number of esters is 1. The molecule has 4 heterocycles. The summed E-state index contributed by atoms with van der Waals surface area (Å²) < 4.78 is 53.9. The van der Waals surface area contributed by atoms with Crippen molar-refractivity contribution in [2.45, 2.75) is 96.7 Å². The Morgan fingerprint density at radius 2 is 1.52 bits per heavy atom. The molecule has 0 bridgehead atoms. The molecule has 0 aliphatic carbocycles. The van der Waals surface area contributed by atoms with Crippen LogP contribution in [0.3, 0.4) is 0 Å². The number of amides is 3. The first-order valence-corrected chi connectivity index (χ1v) is 30.1. The van der Waals surface area contributed by atoms with E-state index in [2.05, 4.69) is 29.4 Å². The minimum Gasteiger partial charge on any atom is -0.493 e. The molecule has 3 amide bonds. The molecule has 2 aliphatic rings.